The van der Waals surface area contributed by atoms with Crippen LogP contribution in [0.4, 0.5) is 5.69 Å². The number of benzene rings is 2. The molecule has 1 unspecified atom stereocenters. The van der Waals surface area contributed by atoms with Gasteiger partial charge >= 0.3 is 0 Å². The molecule has 0 bridgehead atoms. The fourth-order valence-corrected chi connectivity index (χ4v) is 4.04. The van der Waals surface area contributed by atoms with Crippen LogP contribution in [-0.2, 0) is 20.5 Å². The number of para-hydroxylation sites is 2. The van der Waals surface area contributed by atoms with Gasteiger partial charge in [0.05, 0.1) is 22.5 Å². The Morgan fingerprint density at radius 3 is 2.58 bits per heavy atom. The van der Waals surface area contributed by atoms with Gasteiger partial charge in [-0.2, -0.15) is 0 Å². The van der Waals surface area contributed by atoms with Crippen molar-refractivity contribution in [2.75, 3.05) is 24.6 Å². The van der Waals surface area contributed by atoms with Crippen molar-refractivity contribution in [1.29, 1.82) is 0 Å². The average molecular weight is 412 g/mol. The van der Waals surface area contributed by atoms with Crippen LogP contribution < -0.4 is 9.04 Å². The molecule has 0 spiro atoms. The number of hydrogen-bond acceptors (Lipinski definition) is 4. The van der Waals surface area contributed by atoms with E-state index in [2.05, 4.69) is 15.9 Å². The number of hydrogen-bond donors (Lipinski definition) is 0. The lowest BCUT2D eigenvalue weighted by atomic mass is 10.2. The Morgan fingerprint density at radius 2 is 1.92 bits per heavy atom. The first kappa shape index (κ1) is 17.3. The molecule has 5 nitrogen and oxygen atoms in total. The second-order valence-electron chi connectivity index (χ2n) is 5.55. The van der Waals surface area contributed by atoms with Crippen LogP contribution in [-0.4, -0.2) is 34.8 Å². The zero-order chi connectivity index (χ0) is 17.2. The largest absolute Gasteiger partial charge is 0.489 e. The molecule has 0 N–H and O–H groups in total. The van der Waals surface area contributed by atoms with E-state index in [9.17, 15) is 8.42 Å². The third-order valence-corrected chi connectivity index (χ3v) is 6.09. The van der Waals surface area contributed by atoms with Crippen LogP contribution in [0.25, 0.3) is 0 Å². The highest BCUT2D eigenvalue weighted by atomic mass is 79.9. The highest BCUT2D eigenvalue weighted by molar-refractivity contribution is 9.10. The maximum absolute atomic E-state index is 12.7. The summed E-state index contributed by atoms with van der Waals surface area (Å²) in [6, 6.07) is 14.4. The second kappa shape index (κ2) is 7.13. The minimum atomic E-state index is -3.53. The van der Waals surface area contributed by atoms with Gasteiger partial charge in [0.1, 0.15) is 18.5 Å². The van der Waals surface area contributed by atoms with E-state index >= 15 is 0 Å². The molecule has 7 heteroatoms. The highest BCUT2D eigenvalue weighted by Crippen LogP contribution is 2.32. The fraction of sp³-hybridized carbons (Fsp3) is 0.294. The summed E-state index contributed by atoms with van der Waals surface area (Å²) in [6.45, 7) is 1.11. The molecular formula is C17H18BrNO4S. The fourth-order valence-electron chi connectivity index (χ4n) is 2.26. The van der Waals surface area contributed by atoms with Gasteiger partial charge in [0.15, 0.2) is 0 Å². The number of ether oxygens (including phenoxy) is 2. The zero-order valence-electron chi connectivity index (χ0n) is 13.2. The molecule has 1 aliphatic rings. The topological polar surface area (TPSA) is 59.1 Å². The Balaban J connectivity index is 1.82. The Kier molecular flexibility index (Phi) is 5.12. The SMILES string of the molecule is CN(c1ccccc1)S(=O)(=O)Cc1cccc(Br)c1OCC1CO1. The number of sulfonamides is 1. The Hall–Kier alpha value is -1.57. The van der Waals surface area contributed by atoms with Crippen molar-refractivity contribution in [3.8, 4) is 5.75 Å². The molecule has 2 aromatic carbocycles. The number of anilines is 1. The molecule has 128 valence electrons. The number of nitrogens with zero attached hydrogens (tertiary/aromatic N) is 1. The van der Waals surface area contributed by atoms with E-state index in [0.717, 1.165) is 4.47 Å². The predicted octanol–water partition coefficient (Wildman–Crippen LogP) is 3.19. The Labute approximate surface area is 150 Å². The second-order valence-corrected chi connectivity index (χ2v) is 8.41. The lowest BCUT2D eigenvalue weighted by molar-refractivity contribution is 0.260. The highest BCUT2D eigenvalue weighted by Gasteiger charge is 2.26. The monoisotopic (exact) mass is 411 g/mol. The van der Waals surface area contributed by atoms with E-state index < -0.39 is 10.0 Å². The number of halogens is 1. The van der Waals surface area contributed by atoms with E-state index in [4.69, 9.17) is 9.47 Å². The van der Waals surface area contributed by atoms with Crippen LogP contribution in [0.2, 0.25) is 0 Å². The molecule has 24 heavy (non-hydrogen) atoms. The molecule has 1 atom stereocenters. The molecule has 2 aromatic rings. The summed E-state index contributed by atoms with van der Waals surface area (Å²) in [7, 11) is -1.97. The lowest BCUT2D eigenvalue weighted by Gasteiger charge is -2.20. The molecule has 3 rings (SSSR count). The summed E-state index contributed by atoms with van der Waals surface area (Å²) < 4.78 is 38.4. The molecule has 0 radical (unpaired) electrons. The van der Waals surface area contributed by atoms with E-state index in [1.165, 1.54) is 4.31 Å². The van der Waals surface area contributed by atoms with Gasteiger partial charge in [-0.1, -0.05) is 30.3 Å². The molecule has 0 amide bonds. The Morgan fingerprint density at radius 1 is 1.21 bits per heavy atom. The minimum absolute atomic E-state index is 0.105. The van der Waals surface area contributed by atoms with Crippen LogP contribution in [0.3, 0.4) is 0 Å². The third-order valence-electron chi connectivity index (χ3n) is 3.74. The van der Waals surface area contributed by atoms with Crippen molar-refractivity contribution in [2.24, 2.45) is 0 Å². The minimum Gasteiger partial charge on any atom is -0.489 e. The van der Waals surface area contributed by atoms with Crippen molar-refractivity contribution in [1.82, 2.24) is 0 Å². The van der Waals surface area contributed by atoms with Gasteiger partial charge in [0.2, 0.25) is 10.0 Å². The smallest absolute Gasteiger partial charge is 0.239 e. The standard InChI is InChI=1S/C17H18BrNO4S/c1-19(14-7-3-2-4-8-14)24(20,21)12-13-6-5-9-16(18)17(13)23-11-15-10-22-15/h2-9,15H,10-12H2,1H3. The molecule has 0 aliphatic carbocycles. The average Bonchev–Trinajstić information content (AvgIpc) is 3.38. The third kappa shape index (κ3) is 4.09. The van der Waals surface area contributed by atoms with Gasteiger partial charge in [0, 0.05) is 12.6 Å². The summed E-state index contributed by atoms with van der Waals surface area (Å²) >= 11 is 3.43. The van der Waals surface area contributed by atoms with Gasteiger partial charge in [-0.15, -0.1) is 0 Å². The summed E-state index contributed by atoms with van der Waals surface area (Å²) in [5, 5.41) is 0. The maximum Gasteiger partial charge on any atom is 0.239 e. The van der Waals surface area contributed by atoms with E-state index in [-0.39, 0.29) is 11.9 Å². The molecule has 1 fully saturated rings. The molecule has 1 saturated heterocycles. The summed E-state index contributed by atoms with van der Waals surface area (Å²) in [5.41, 5.74) is 1.24. The van der Waals surface area contributed by atoms with Gasteiger partial charge in [-0.3, -0.25) is 4.31 Å². The van der Waals surface area contributed by atoms with Crippen LogP contribution >= 0.6 is 15.9 Å². The predicted molar refractivity (Wildman–Crippen MR) is 96.8 cm³/mol. The van der Waals surface area contributed by atoms with Gasteiger partial charge < -0.3 is 9.47 Å². The molecule has 0 saturated carbocycles. The molecule has 0 aromatic heterocycles. The first-order valence-electron chi connectivity index (χ1n) is 7.51. The van der Waals surface area contributed by atoms with Crippen molar-refractivity contribution >= 4 is 31.6 Å². The van der Waals surface area contributed by atoms with Crippen molar-refractivity contribution in [3.63, 3.8) is 0 Å². The maximum atomic E-state index is 12.7. The number of epoxide rings is 1. The van der Waals surface area contributed by atoms with Crippen molar-refractivity contribution in [2.45, 2.75) is 11.9 Å². The number of rotatable bonds is 7. The van der Waals surface area contributed by atoms with E-state index in [1.807, 2.05) is 24.3 Å². The normalized spacial score (nSPS) is 16.7. The quantitative estimate of drug-likeness (QED) is 0.656. The molecular weight excluding hydrogens is 394 g/mol. The Bertz CT molecular complexity index is 807. The molecule has 1 heterocycles. The first-order chi connectivity index (χ1) is 11.5. The van der Waals surface area contributed by atoms with E-state index in [0.29, 0.717) is 30.2 Å². The summed E-state index contributed by atoms with van der Waals surface area (Å²) in [5.74, 6) is 0.414. The summed E-state index contributed by atoms with van der Waals surface area (Å²) in [4.78, 5) is 0. The molecule has 1 aliphatic heterocycles. The first-order valence-corrected chi connectivity index (χ1v) is 9.91. The van der Waals surface area contributed by atoms with Gasteiger partial charge in [-0.05, 0) is 34.1 Å². The van der Waals surface area contributed by atoms with Crippen LogP contribution in [0.1, 0.15) is 5.56 Å². The van der Waals surface area contributed by atoms with Crippen molar-refractivity contribution in [3.05, 3.63) is 58.6 Å². The van der Waals surface area contributed by atoms with Crippen LogP contribution in [0, 0.1) is 0 Å². The zero-order valence-corrected chi connectivity index (χ0v) is 15.6. The van der Waals surface area contributed by atoms with Crippen LogP contribution in [0.15, 0.2) is 53.0 Å². The summed E-state index contributed by atoms with van der Waals surface area (Å²) in [6.07, 6.45) is 0.105. The van der Waals surface area contributed by atoms with Gasteiger partial charge in [-0.25, -0.2) is 8.42 Å². The van der Waals surface area contributed by atoms with Crippen molar-refractivity contribution < 1.29 is 17.9 Å². The van der Waals surface area contributed by atoms with E-state index in [1.54, 1.807) is 31.3 Å². The van der Waals surface area contributed by atoms with Crippen LogP contribution in [0.5, 0.6) is 5.75 Å². The lowest BCUT2D eigenvalue weighted by Crippen LogP contribution is -2.28. The van der Waals surface area contributed by atoms with Gasteiger partial charge in [0.25, 0.3) is 0 Å².